The highest BCUT2D eigenvalue weighted by Gasteiger charge is 2.85. The van der Waals surface area contributed by atoms with Crippen molar-refractivity contribution >= 4 is 20.2 Å². The summed E-state index contributed by atoms with van der Waals surface area (Å²) in [6.07, 6.45) is -13.7. The molecule has 0 aromatic carbocycles. The van der Waals surface area contributed by atoms with Crippen LogP contribution in [-0.4, -0.2) is 39.6 Å². The Morgan fingerprint density at radius 3 is 1.15 bits per heavy atom. The maximum absolute atomic E-state index is 12.7. The lowest BCUT2D eigenvalue weighted by Gasteiger charge is -2.38. The highest BCUT2D eigenvalue weighted by molar-refractivity contribution is 8.05. The first-order chi connectivity index (χ1) is 8.41. The molecule has 0 N–H and O–H groups in total. The van der Waals surface area contributed by atoms with Gasteiger partial charge in [-0.15, -0.1) is 0 Å². The fraction of sp³-hybridized carbons (Fsp3) is 1.00. The van der Waals surface area contributed by atoms with E-state index in [1.807, 2.05) is 0 Å². The van der Waals surface area contributed by atoms with Crippen LogP contribution in [0.4, 0.5) is 35.1 Å². The largest absolute Gasteiger partial charge is 0.496 e. The van der Waals surface area contributed by atoms with Gasteiger partial charge in [-0.25, -0.2) is 8.37 Å². The summed E-state index contributed by atoms with van der Waals surface area (Å²) >= 11 is 0. The van der Waals surface area contributed by atoms with Crippen molar-refractivity contribution in [2.24, 2.45) is 0 Å². The maximum Gasteiger partial charge on any atom is 0.496 e. The molecule has 16 heteroatoms. The summed E-state index contributed by atoms with van der Waals surface area (Å²) < 4.78 is 140. The molecule has 0 saturated carbocycles. The predicted molar refractivity (Wildman–Crippen MR) is 39.8 cm³/mol. The Hall–Kier alpha value is -0.740. The van der Waals surface area contributed by atoms with E-state index in [2.05, 4.69) is 8.37 Å². The SMILES string of the molecule is O=S1(=O)OC(C(F)(F)F)(C(F)(F)F)OS(=O)(=O)C1(F)F. The normalized spacial score (nSPS) is 28.0. The molecule has 0 unspecified atom stereocenters. The quantitative estimate of drug-likeness (QED) is 0.474. The molecule has 1 rings (SSSR count). The number of alkyl halides is 8. The molecule has 1 fully saturated rings. The van der Waals surface area contributed by atoms with Crippen LogP contribution in [0.3, 0.4) is 0 Å². The van der Waals surface area contributed by atoms with Gasteiger partial charge in [0.25, 0.3) is 0 Å². The molecular weight excluding hydrogens is 360 g/mol. The summed E-state index contributed by atoms with van der Waals surface area (Å²) in [5, 5.41) is 0. The number of rotatable bonds is 0. The molecule has 120 valence electrons. The minimum atomic E-state index is -7.13. The van der Waals surface area contributed by atoms with E-state index < -0.39 is 43.0 Å². The second kappa shape index (κ2) is 3.92. The molecule has 0 aromatic rings. The van der Waals surface area contributed by atoms with E-state index in [0.29, 0.717) is 0 Å². The van der Waals surface area contributed by atoms with E-state index in [0.717, 1.165) is 0 Å². The Morgan fingerprint density at radius 1 is 0.700 bits per heavy atom. The highest BCUT2D eigenvalue weighted by atomic mass is 32.3. The van der Waals surface area contributed by atoms with Crippen molar-refractivity contribution < 1.29 is 60.3 Å². The fourth-order valence-electron chi connectivity index (χ4n) is 0.895. The van der Waals surface area contributed by atoms with Crippen LogP contribution in [-0.2, 0) is 28.6 Å². The topological polar surface area (TPSA) is 86.7 Å². The molecule has 0 radical (unpaired) electrons. The lowest BCUT2D eigenvalue weighted by atomic mass is 10.3. The van der Waals surface area contributed by atoms with Gasteiger partial charge in [0.15, 0.2) is 0 Å². The van der Waals surface area contributed by atoms with Gasteiger partial charge in [0, 0.05) is 0 Å². The first kappa shape index (κ1) is 17.3. The van der Waals surface area contributed by atoms with Crippen molar-refractivity contribution in [3.63, 3.8) is 0 Å². The third-order valence-electron chi connectivity index (χ3n) is 1.78. The molecule has 0 spiro atoms. The average Bonchev–Trinajstić information content (AvgIpc) is 2.09. The smallest absolute Gasteiger partial charge is 0.210 e. The van der Waals surface area contributed by atoms with E-state index in [9.17, 15) is 52.0 Å². The number of hydrogen-bond acceptors (Lipinski definition) is 6. The van der Waals surface area contributed by atoms with Crippen LogP contribution in [0, 0.1) is 0 Å². The van der Waals surface area contributed by atoms with E-state index >= 15 is 0 Å². The van der Waals surface area contributed by atoms with Crippen molar-refractivity contribution in [2.75, 3.05) is 0 Å². The Balaban J connectivity index is 3.73. The van der Waals surface area contributed by atoms with Crippen LogP contribution < -0.4 is 0 Å². The molecule has 0 bridgehead atoms. The molecule has 1 aliphatic rings. The Labute approximate surface area is 104 Å². The molecule has 0 atom stereocenters. The van der Waals surface area contributed by atoms with E-state index in [1.54, 1.807) is 0 Å². The second-order valence-corrected chi connectivity index (χ2v) is 6.58. The van der Waals surface area contributed by atoms with Gasteiger partial charge in [-0.1, -0.05) is 0 Å². The molecular formula is C4F8O6S2. The standard InChI is InChI=1S/C4F8O6S2/c5-2(6,7)1(3(8,9)10)17-19(13,14)4(11,12)20(15,16)18-1. The third kappa shape index (κ3) is 2.04. The molecule has 1 aliphatic heterocycles. The zero-order chi connectivity index (χ0) is 16.4. The van der Waals surface area contributed by atoms with Gasteiger partial charge in [-0.05, 0) is 0 Å². The number of hydrogen-bond donors (Lipinski definition) is 0. The van der Waals surface area contributed by atoms with Crippen LogP contribution >= 0.6 is 0 Å². The van der Waals surface area contributed by atoms with Gasteiger partial charge in [-0.3, -0.25) is 0 Å². The number of halogens is 8. The minimum Gasteiger partial charge on any atom is -0.210 e. The van der Waals surface area contributed by atoms with Crippen molar-refractivity contribution in [1.29, 1.82) is 0 Å². The predicted octanol–water partition coefficient (Wildman–Crippen LogP) is 1.06. The van der Waals surface area contributed by atoms with Crippen molar-refractivity contribution in [3.05, 3.63) is 0 Å². The molecule has 0 amide bonds. The van der Waals surface area contributed by atoms with E-state index in [1.165, 1.54) is 0 Å². The van der Waals surface area contributed by atoms with Crippen LogP contribution in [0.15, 0.2) is 0 Å². The molecule has 20 heavy (non-hydrogen) atoms. The Morgan fingerprint density at radius 2 is 0.950 bits per heavy atom. The highest BCUT2D eigenvalue weighted by Crippen LogP contribution is 2.54. The summed E-state index contributed by atoms with van der Waals surface area (Å²) in [4.78, 5) is 0. The molecule has 6 nitrogen and oxygen atoms in total. The Bertz CT molecular complexity index is 556. The average molecular weight is 360 g/mol. The molecule has 0 aliphatic carbocycles. The van der Waals surface area contributed by atoms with Gasteiger partial charge in [0.05, 0.1) is 0 Å². The van der Waals surface area contributed by atoms with Crippen LogP contribution in [0.5, 0.6) is 0 Å². The third-order valence-corrected chi connectivity index (χ3v) is 5.08. The summed E-state index contributed by atoms with van der Waals surface area (Å²) in [5.74, 6) is -6.28. The first-order valence-electron chi connectivity index (χ1n) is 3.83. The van der Waals surface area contributed by atoms with Crippen molar-refractivity contribution in [2.45, 2.75) is 22.7 Å². The second-order valence-electron chi connectivity index (χ2n) is 3.15. The zero-order valence-electron chi connectivity index (χ0n) is 8.29. The van der Waals surface area contributed by atoms with Gasteiger partial charge in [0.2, 0.25) is 0 Å². The fourth-order valence-corrected chi connectivity index (χ4v) is 3.40. The lowest BCUT2D eigenvalue weighted by molar-refractivity contribution is -0.424. The van der Waals surface area contributed by atoms with E-state index in [4.69, 9.17) is 0 Å². The van der Waals surface area contributed by atoms with Gasteiger partial charge in [-0.2, -0.15) is 52.0 Å². The van der Waals surface area contributed by atoms with Gasteiger partial charge >= 0.3 is 43.0 Å². The van der Waals surface area contributed by atoms with Crippen molar-refractivity contribution in [1.82, 2.24) is 0 Å². The van der Waals surface area contributed by atoms with E-state index in [-0.39, 0.29) is 0 Å². The minimum absolute atomic E-state index is 2.31. The molecule has 0 aromatic heterocycles. The monoisotopic (exact) mass is 360 g/mol. The first-order valence-corrected chi connectivity index (χ1v) is 6.64. The summed E-state index contributed by atoms with van der Waals surface area (Å²) in [7, 11) is -14.3. The van der Waals surface area contributed by atoms with Gasteiger partial charge in [0.1, 0.15) is 0 Å². The van der Waals surface area contributed by atoms with Gasteiger partial charge < -0.3 is 0 Å². The van der Waals surface area contributed by atoms with Crippen molar-refractivity contribution in [3.8, 4) is 0 Å². The van der Waals surface area contributed by atoms with Crippen LogP contribution in [0.25, 0.3) is 0 Å². The Kier molecular flexibility index (Phi) is 3.39. The molecule has 1 saturated heterocycles. The van der Waals surface area contributed by atoms with Crippen LogP contribution in [0.1, 0.15) is 0 Å². The maximum atomic E-state index is 12.7. The molecule has 1 heterocycles. The lowest BCUT2D eigenvalue weighted by Crippen LogP contribution is -2.68. The summed E-state index contributed by atoms with van der Waals surface area (Å²) in [5.41, 5.74) is 0. The summed E-state index contributed by atoms with van der Waals surface area (Å²) in [6, 6.07) is 0. The zero-order valence-corrected chi connectivity index (χ0v) is 9.92. The van der Waals surface area contributed by atoms with Crippen LogP contribution in [0.2, 0.25) is 0 Å². The summed E-state index contributed by atoms with van der Waals surface area (Å²) in [6.45, 7) is 0.